The van der Waals surface area contributed by atoms with Crippen molar-refractivity contribution in [1.29, 1.82) is 0 Å². The molecule has 0 saturated heterocycles. The fourth-order valence-electron chi connectivity index (χ4n) is 0.725. The molecule has 0 aliphatic rings. The zero-order chi connectivity index (χ0) is 11.4. The van der Waals surface area contributed by atoms with Gasteiger partial charge >= 0.3 is 11.7 Å². The van der Waals surface area contributed by atoms with Gasteiger partial charge in [-0.15, -0.1) is 0 Å². The molecule has 0 aromatic carbocycles. The summed E-state index contributed by atoms with van der Waals surface area (Å²) in [5.41, 5.74) is 8.26. The molecule has 0 aliphatic carbocycles. The smallest absolute Gasteiger partial charge is 0.438 e. The molecule has 0 spiro atoms. The molecule has 0 rings (SSSR count). The van der Waals surface area contributed by atoms with Crippen molar-refractivity contribution in [3.05, 3.63) is 17.9 Å². The van der Waals surface area contributed by atoms with Crippen molar-refractivity contribution in [2.75, 3.05) is 7.11 Å². The first-order valence-electron chi connectivity index (χ1n) is 4.00. The van der Waals surface area contributed by atoms with Crippen LogP contribution in [-0.4, -0.2) is 31.9 Å². The van der Waals surface area contributed by atoms with Crippen LogP contribution in [0.5, 0.6) is 0 Å². The minimum atomic E-state index is -1.86. The first-order valence-corrected chi connectivity index (χ1v) is 7.41. The number of methoxy groups -OCH3 is 1. The minimum absolute atomic E-state index is 0.0403. The van der Waals surface area contributed by atoms with E-state index >= 15 is 0 Å². The first kappa shape index (κ1) is 12.6. The van der Waals surface area contributed by atoms with E-state index in [0.717, 1.165) is 0 Å². The van der Waals surface area contributed by atoms with E-state index in [1.54, 1.807) is 0 Å². The lowest BCUT2D eigenvalue weighted by Crippen LogP contribution is -2.30. The Balaban J connectivity index is 4.68. The molecular weight excluding hydrogens is 200 g/mol. The van der Waals surface area contributed by atoms with Gasteiger partial charge in [-0.05, 0) is 26.2 Å². The Morgan fingerprint density at radius 3 is 2.21 bits per heavy atom. The zero-order valence-corrected chi connectivity index (χ0v) is 9.83. The summed E-state index contributed by atoms with van der Waals surface area (Å²) in [5, 5.41) is 0. The fourth-order valence-corrected chi connectivity index (χ4v) is 1.56. The van der Waals surface area contributed by atoms with Crippen molar-refractivity contribution in [2.45, 2.75) is 19.6 Å². The number of hydrogen-bond acceptors (Lipinski definition) is 3. The Morgan fingerprint density at radius 2 is 1.93 bits per heavy atom. The summed E-state index contributed by atoms with van der Waals surface area (Å²) in [6, 6.07) is 0. The highest BCUT2D eigenvalue weighted by Crippen LogP contribution is 2.09. The Labute approximate surface area is 84.1 Å². The van der Waals surface area contributed by atoms with Crippen LogP contribution in [-0.2, 0) is 14.0 Å². The van der Waals surface area contributed by atoms with E-state index in [-0.39, 0.29) is 11.5 Å². The third-order valence-corrected chi connectivity index (χ3v) is 2.03. The van der Waals surface area contributed by atoms with Crippen molar-refractivity contribution in [3.63, 3.8) is 0 Å². The second-order valence-electron chi connectivity index (χ2n) is 3.58. The number of hydrogen-bond donors (Lipinski definition) is 0. The fraction of sp³-hybridized carbons (Fsp3) is 0.500. The highest BCUT2D eigenvalue weighted by Gasteiger charge is 2.30. The van der Waals surface area contributed by atoms with E-state index < -0.39 is 14.3 Å². The molecule has 0 bridgehead atoms. The van der Waals surface area contributed by atoms with Gasteiger partial charge in [0, 0.05) is 0 Å². The lowest BCUT2D eigenvalue weighted by atomic mass is 10.3. The summed E-state index contributed by atoms with van der Waals surface area (Å²) in [5.74, 6) is -0.728. The number of rotatable bonds is 4. The van der Waals surface area contributed by atoms with Gasteiger partial charge in [0.15, 0.2) is 5.76 Å². The lowest BCUT2D eigenvalue weighted by Gasteiger charge is -2.17. The quantitative estimate of drug-likeness (QED) is 0.176. The molecule has 0 aliphatic heterocycles. The molecule has 6 heteroatoms. The number of ether oxygens (including phenoxy) is 1. The number of nitrogens with zero attached hydrogens (tertiary/aromatic N) is 2. The second-order valence-corrected chi connectivity index (χ2v) is 8.01. The van der Waals surface area contributed by atoms with Gasteiger partial charge in [0.1, 0.15) is 0 Å². The molecule has 0 fully saturated rings. The average Bonchev–Trinajstić information content (AvgIpc) is 2.01. The maximum atomic E-state index is 11.0. The Hall–Kier alpha value is -1.39. The van der Waals surface area contributed by atoms with Gasteiger partial charge in [-0.1, -0.05) is 0 Å². The van der Waals surface area contributed by atoms with Crippen molar-refractivity contribution in [3.8, 4) is 0 Å². The monoisotopic (exact) mass is 214 g/mol. The molecule has 0 N–H and O–H groups in total. The number of esters is 1. The van der Waals surface area contributed by atoms with Gasteiger partial charge in [0.2, 0.25) is 8.32 Å². The Kier molecular flexibility index (Phi) is 4.26. The van der Waals surface area contributed by atoms with Gasteiger partial charge in [-0.2, -0.15) is 4.79 Å². The molecule has 14 heavy (non-hydrogen) atoms. The van der Waals surface area contributed by atoms with E-state index in [2.05, 4.69) is 16.1 Å². The van der Waals surface area contributed by atoms with Crippen molar-refractivity contribution < 1.29 is 18.7 Å². The van der Waals surface area contributed by atoms with E-state index in [1.165, 1.54) is 7.11 Å². The third kappa shape index (κ3) is 4.02. The molecule has 0 heterocycles. The van der Waals surface area contributed by atoms with Gasteiger partial charge in [0.25, 0.3) is 0 Å². The van der Waals surface area contributed by atoms with E-state index in [4.69, 9.17) is 9.96 Å². The van der Waals surface area contributed by atoms with E-state index in [0.29, 0.717) is 0 Å². The van der Waals surface area contributed by atoms with Crippen molar-refractivity contribution >= 4 is 20.0 Å². The summed E-state index contributed by atoms with van der Waals surface area (Å²) in [4.78, 5) is 13.8. The summed E-state index contributed by atoms with van der Waals surface area (Å²) in [6.45, 7) is 9.26. The molecular formula is C8H14N2O3Si. The topological polar surface area (TPSA) is 71.9 Å². The maximum absolute atomic E-state index is 11.0. The molecule has 0 amide bonds. The molecule has 0 unspecified atom stereocenters. The van der Waals surface area contributed by atoms with Gasteiger partial charge in [0.05, 0.1) is 7.11 Å². The van der Waals surface area contributed by atoms with Crippen LogP contribution in [0.15, 0.2) is 12.3 Å². The highest BCUT2D eigenvalue weighted by molar-refractivity contribution is 6.70. The lowest BCUT2D eigenvalue weighted by molar-refractivity contribution is -0.137. The minimum Gasteiger partial charge on any atom is -0.539 e. The van der Waals surface area contributed by atoms with Crippen LogP contribution in [0.25, 0.3) is 5.53 Å². The predicted octanol–water partition coefficient (Wildman–Crippen LogP) is 1.20. The van der Waals surface area contributed by atoms with E-state index in [1.807, 2.05) is 19.6 Å². The van der Waals surface area contributed by atoms with Crippen LogP contribution in [0.2, 0.25) is 19.6 Å². The van der Waals surface area contributed by atoms with Crippen LogP contribution in [0.1, 0.15) is 0 Å². The van der Waals surface area contributed by atoms with Crippen LogP contribution in [0.3, 0.4) is 0 Å². The summed E-state index contributed by atoms with van der Waals surface area (Å²) in [6.07, 6.45) is 0. The Bertz CT molecular complexity index is 300. The average molecular weight is 214 g/mol. The normalized spacial score (nSPS) is 10.0. The van der Waals surface area contributed by atoms with Crippen LogP contribution in [0, 0.1) is 0 Å². The molecule has 0 aromatic rings. The van der Waals surface area contributed by atoms with Gasteiger partial charge in [-0.25, -0.2) is 4.79 Å². The van der Waals surface area contributed by atoms with Crippen molar-refractivity contribution in [2.24, 2.45) is 0 Å². The molecule has 0 aromatic heterocycles. The van der Waals surface area contributed by atoms with Crippen LogP contribution in [0.4, 0.5) is 0 Å². The molecule has 5 nitrogen and oxygen atoms in total. The first-order chi connectivity index (χ1) is 6.31. The van der Waals surface area contributed by atoms with Crippen LogP contribution < -0.4 is 0 Å². The maximum Gasteiger partial charge on any atom is 0.438 e. The standard InChI is InChI=1S/C8H14N2O3Si/c1-6(13-14(3,4)5)7(10-9)8(11)12-2/h1H2,2-5H3. The number of carbonyl (C=O) groups is 1. The van der Waals surface area contributed by atoms with Gasteiger partial charge in [-0.3, -0.25) is 0 Å². The largest absolute Gasteiger partial charge is 0.539 e. The zero-order valence-electron chi connectivity index (χ0n) is 8.83. The SMILES string of the molecule is C=C(O[Si](C)(C)C)C(=[N+]=[N-])C(=O)OC. The van der Waals surface area contributed by atoms with Crippen LogP contribution >= 0.6 is 0 Å². The summed E-state index contributed by atoms with van der Waals surface area (Å²) in [7, 11) is -0.667. The van der Waals surface area contributed by atoms with E-state index in [9.17, 15) is 4.79 Å². The predicted molar refractivity (Wildman–Crippen MR) is 54.2 cm³/mol. The van der Waals surface area contributed by atoms with Gasteiger partial charge < -0.3 is 14.7 Å². The second kappa shape index (κ2) is 4.73. The summed E-state index contributed by atoms with van der Waals surface area (Å²) < 4.78 is 9.75. The molecule has 0 radical (unpaired) electrons. The molecule has 0 saturated carbocycles. The summed E-state index contributed by atoms with van der Waals surface area (Å²) >= 11 is 0. The molecule has 78 valence electrons. The Morgan fingerprint density at radius 1 is 1.43 bits per heavy atom. The molecule has 0 atom stereocenters. The number of carbonyl (C=O) groups excluding carboxylic acids is 1. The highest BCUT2D eigenvalue weighted by atomic mass is 28.4. The third-order valence-electron chi connectivity index (χ3n) is 1.17. The van der Waals surface area contributed by atoms with Crippen molar-refractivity contribution in [1.82, 2.24) is 0 Å².